The molecule has 2 aromatic carbocycles. The molecule has 1 saturated heterocycles. The highest BCUT2D eigenvalue weighted by molar-refractivity contribution is 5.88. The van der Waals surface area contributed by atoms with Gasteiger partial charge in [-0.1, -0.05) is 18.2 Å². The van der Waals surface area contributed by atoms with Gasteiger partial charge in [0, 0.05) is 51.4 Å². The lowest BCUT2D eigenvalue weighted by molar-refractivity contribution is -0.114. The number of nitrogens with one attached hydrogen (secondary N) is 2. The minimum atomic E-state index is -0.111. The van der Waals surface area contributed by atoms with E-state index in [2.05, 4.69) is 27.4 Å². The number of carbonyl (C=O) groups is 1. The van der Waals surface area contributed by atoms with Crippen LogP contribution in [0.5, 0.6) is 11.5 Å². The summed E-state index contributed by atoms with van der Waals surface area (Å²) in [5, 5.41) is 16.2. The number of phenols is 1. The molecule has 3 N–H and O–H groups in total. The Bertz CT molecular complexity index is 894. The monoisotopic (exact) mass is 425 g/mol. The average molecular weight is 426 g/mol. The van der Waals surface area contributed by atoms with Gasteiger partial charge >= 0.3 is 0 Å². The van der Waals surface area contributed by atoms with Crippen molar-refractivity contribution in [3.63, 3.8) is 0 Å². The molecule has 0 spiro atoms. The largest absolute Gasteiger partial charge is 0.506 e. The van der Waals surface area contributed by atoms with Crippen molar-refractivity contribution < 1.29 is 14.6 Å². The normalized spacial score (nSPS) is 14.3. The van der Waals surface area contributed by atoms with Crippen LogP contribution in [0.25, 0.3) is 0 Å². The Hall–Kier alpha value is -3.42. The Labute approximate surface area is 183 Å². The smallest absolute Gasteiger partial charge is 0.221 e. The Balaban J connectivity index is 1.51. The number of para-hydroxylation sites is 2. The molecule has 1 fully saturated rings. The molecule has 8 heteroatoms. The van der Waals surface area contributed by atoms with Gasteiger partial charge in [0.25, 0.3) is 0 Å². The second-order valence-electron chi connectivity index (χ2n) is 7.26. The lowest BCUT2D eigenvalue weighted by atomic mass is 10.2. The van der Waals surface area contributed by atoms with Crippen molar-refractivity contribution >= 4 is 23.2 Å². The molecule has 3 rings (SSSR count). The summed E-state index contributed by atoms with van der Waals surface area (Å²) in [6.45, 7) is 8.55. The first-order valence-electron chi connectivity index (χ1n) is 10.6. The van der Waals surface area contributed by atoms with Crippen LogP contribution in [0.15, 0.2) is 53.5 Å². The zero-order valence-corrected chi connectivity index (χ0v) is 18.2. The van der Waals surface area contributed by atoms with E-state index in [4.69, 9.17) is 9.73 Å². The quantitative estimate of drug-likeness (QED) is 0.359. The summed E-state index contributed by atoms with van der Waals surface area (Å²) in [5.74, 6) is 1.77. The number of phenolic OH excluding ortho intramolecular Hbond substituents is 1. The maximum atomic E-state index is 11.2. The first-order valence-corrected chi connectivity index (χ1v) is 10.6. The maximum absolute atomic E-state index is 11.2. The molecule has 166 valence electrons. The van der Waals surface area contributed by atoms with Gasteiger partial charge in [-0.2, -0.15) is 0 Å². The average Bonchev–Trinajstić information content (AvgIpc) is 2.76. The third kappa shape index (κ3) is 6.53. The first-order chi connectivity index (χ1) is 15.1. The molecule has 8 nitrogen and oxygen atoms in total. The number of amides is 1. The highest BCUT2D eigenvalue weighted by Gasteiger charge is 2.21. The molecule has 31 heavy (non-hydrogen) atoms. The summed E-state index contributed by atoms with van der Waals surface area (Å²) in [5.41, 5.74) is 1.59. The number of anilines is 2. The van der Waals surface area contributed by atoms with E-state index in [1.807, 2.05) is 36.4 Å². The lowest BCUT2D eigenvalue weighted by Crippen LogP contribution is -2.52. The Morgan fingerprint density at radius 1 is 1.13 bits per heavy atom. The number of nitrogens with zero attached hydrogens (tertiary/aromatic N) is 3. The molecular formula is C23H31N5O3. The lowest BCUT2D eigenvalue weighted by Gasteiger charge is -2.37. The predicted octanol–water partition coefficient (Wildman–Crippen LogP) is 2.52. The zero-order valence-electron chi connectivity index (χ0n) is 18.2. The van der Waals surface area contributed by atoms with E-state index in [0.29, 0.717) is 30.3 Å². The molecule has 0 bridgehead atoms. The Morgan fingerprint density at radius 2 is 1.90 bits per heavy atom. The van der Waals surface area contributed by atoms with Crippen molar-refractivity contribution in [3.05, 3.63) is 48.5 Å². The van der Waals surface area contributed by atoms with Gasteiger partial charge in [-0.05, 0) is 31.2 Å². The van der Waals surface area contributed by atoms with Crippen molar-refractivity contribution in [2.75, 3.05) is 56.1 Å². The van der Waals surface area contributed by atoms with Crippen LogP contribution < -0.4 is 20.3 Å². The minimum absolute atomic E-state index is 0.111. The highest BCUT2D eigenvalue weighted by atomic mass is 16.5. The predicted molar refractivity (Wildman–Crippen MR) is 124 cm³/mol. The van der Waals surface area contributed by atoms with Crippen LogP contribution in [0.4, 0.5) is 11.4 Å². The van der Waals surface area contributed by atoms with Crippen LogP contribution in [0.2, 0.25) is 0 Å². The van der Waals surface area contributed by atoms with E-state index in [0.717, 1.165) is 44.4 Å². The van der Waals surface area contributed by atoms with Gasteiger partial charge in [0.05, 0.1) is 12.2 Å². The van der Waals surface area contributed by atoms with E-state index < -0.39 is 0 Å². The van der Waals surface area contributed by atoms with Crippen molar-refractivity contribution in [1.29, 1.82) is 0 Å². The summed E-state index contributed by atoms with van der Waals surface area (Å²) in [6.07, 6.45) is 0. The first kappa shape index (κ1) is 22.3. The number of hydrogen-bond donors (Lipinski definition) is 3. The number of ether oxygens (including phenoxy) is 1. The summed E-state index contributed by atoms with van der Waals surface area (Å²) < 4.78 is 5.79. The van der Waals surface area contributed by atoms with Crippen molar-refractivity contribution in [1.82, 2.24) is 10.2 Å². The number of aromatic hydroxyl groups is 1. The highest BCUT2D eigenvalue weighted by Crippen LogP contribution is 2.27. The third-order valence-electron chi connectivity index (χ3n) is 4.91. The maximum Gasteiger partial charge on any atom is 0.221 e. The van der Waals surface area contributed by atoms with Crippen LogP contribution >= 0.6 is 0 Å². The number of rotatable bonds is 7. The molecule has 1 amide bonds. The number of carbonyl (C=O) groups excluding carboxylic acids is 1. The standard InChI is InChI=1S/C23H31N5O3/c1-3-24-23(25-11-16-31-20-8-6-7-19(17-20)26-18(2)29)28-14-12-27(13-15-28)21-9-4-5-10-22(21)30/h4-10,17,30H,3,11-16H2,1-2H3,(H,24,25)(H,26,29). The second-order valence-corrected chi connectivity index (χ2v) is 7.26. The molecule has 0 aliphatic carbocycles. The van der Waals surface area contributed by atoms with Crippen LogP contribution in [-0.2, 0) is 4.79 Å². The molecule has 0 radical (unpaired) electrons. The van der Waals surface area contributed by atoms with Crippen molar-refractivity contribution in [2.45, 2.75) is 13.8 Å². The van der Waals surface area contributed by atoms with Crippen molar-refractivity contribution in [2.24, 2.45) is 4.99 Å². The van der Waals surface area contributed by atoms with Gasteiger partial charge in [0.15, 0.2) is 5.96 Å². The minimum Gasteiger partial charge on any atom is -0.506 e. The molecule has 1 aliphatic heterocycles. The topological polar surface area (TPSA) is 89.4 Å². The SMILES string of the molecule is CCNC(=NCCOc1cccc(NC(C)=O)c1)N1CCN(c2ccccc2O)CC1. The molecule has 0 saturated carbocycles. The van der Waals surface area contributed by atoms with Crippen molar-refractivity contribution in [3.8, 4) is 11.5 Å². The van der Waals surface area contributed by atoms with Gasteiger partial charge in [0.1, 0.15) is 18.1 Å². The Morgan fingerprint density at radius 3 is 2.61 bits per heavy atom. The van der Waals surface area contributed by atoms with Gasteiger partial charge in [-0.3, -0.25) is 4.79 Å². The van der Waals surface area contributed by atoms with Gasteiger partial charge < -0.3 is 30.3 Å². The third-order valence-corrected chi connectivity index (χ3v) is 4.91. The van der Waals surface area contributed by atoms with Crippen LogP contribution in [0.1, 0.15) is 13.8 Å². The molecule has 1 aliphatic rings. The summed E-state index contributed by atoms with van der Waals surface area (Å²) >= 11 is 0. The van der Waals surface area contributed by atoms with Crippen LogP contribution in [0, 0.1) is 0 Å². The molecule has 0 unspecified atom stereocenters. The van der Waals surface area contributed by atoms with Gasteiger partial charge in [-0.15, -0.1) is 0 Å². The van der Waals surface area contributed by atoms with E-state index >= 15 is 0 Å². The van der Waals surface area contributed by atoms with Gasteiger partial charge in [0.2, 0.25) is 5.91 Å². The summed E-state index contributed by atoms with van der Waals surface area (Å²) in [7, 11) is 0. The fraction of sp³-hybridized carbons (Fsp3) is 0.391. The van der Waals surface area contributed by atoms with E-state index in [9.17, 15) is 9.90 Å². The fourth-order valence-corrected chi connectivity index (χ4v) is 3.50. The van der Waals surface area contributed by atoms with Crippen LogP contribution in [0.3, 0.4) is 0 Å². The number of aliphatic imine (C=N–C) groups is 1. The number of piperazine rings is 1. The summed E-state index contributed by atoms with van der Waals surface area (Å²) in [6, 6.07) is 14.8. The summed E-state index contributed by atoms with van der Waals surface area (Å²) in [4.78, 5) is 20.3. The van der Waals surface area contributed by atoms with Gasteiger partial charge in [-0.25, -0.2) is 4.99 Å². The van der Waals surface area contributed by atoms with Crippen LogP contribution in [-0.4, -0.2) is 67.7 Å². The molecule has 0 aromatic heterocycles. The molecule has 0 atom stereocenters. The van der Waals surface area contributed by atoms with E-state index in [1.165, 1.54) is 6.92 Å². The number of guanidine groups is 1. The molecule has 1 heterocycles. The Kier molecular flexibility index (Phi) is 7.98. The second kappa shape index (κ2) is 11.1. The molecule has 2 aromatic rings. The van der Waals surface area contributed by atoms with E-state index in [1.54, 1.807) is 12.1 Å². The van der Waals surface area contributed by atoms with E-state index in [-0.39, 0.29) is 5.91 Å². The number of hydrogen-bond acceptors (Lipinski definition) is 5. The fourth-order valence-electron chi connectivity index (χ4n) is 3.50. The zero-order chi connectivity index (χ0) is 22.1. The molecular weight excluding hydrogens is 394 g/mol. The number of benzene rings is 2.